The van der Waals surface area contributed by atoms with E-state index in [0.29, 0.717) is 5.92 Å². The van der Waals surface area contributed by atoms with Gasteiger partial charge in [-0.25, -0.2) is 4.98 Å². The van der Waals surface area contributed by atoms with Crippen molar-refractivity contribution in [1.82, 2.24) is 15.6 Å². The fraction of sp³-hybridized carbons (Fsp3) is 0.412. The number of anilines is 1. The molecule has 0 fully saturated rings. The van der Waals surface area contributed by atoms with Crippen LogP contribution in [0.2, 0.25) is 0 Å². The second kappa shape index (κ2) is 8.53. The van der Waals surface area contributed by atoms with E-state index in [1.54, 1.807) is 18.4 Å². The highest BCUT2D eigenvalue weighted by atomic mass is 32.1. The molecule has 1 atom stereocenters. The van der Waals surface area contributed by atoms with Crippen molar-refractivity contribution in [2.75, 3.05) is 32.6 Å². The maximum Gasteiger partial charge on any atom is 0.191 e. The van der Waals surface area contributed by atoms with Gasteiger partial charge in [0, 0.05) is 40.4 Å². The van der Waals surface area contributed by atoms with Crippen LogP contribution in [-0.2, 0) is 6.54 Å². The highest BCUT2D eigenvalue weighted by Gasteiger charge is 2.07. The Balaban J connectivity index is 1.84. The lowest BCUT2D eigenvalue weighted by Crippen LogP contribution is -2.38. The van der Waals surface area contributed by atoms with Gasteiger partial charge in [-0.3, -0.25) is 4.99 Å². The summed E-state index contributed by atoms with van der Waals surface area (Å²) in [5.41, 5.74) is 2.54. The summed E-state index contributed by atoms with van der Waals surface area (Å²) in [5, 5.41) is 11.0. The molecule has 0 bridgehead atoms. The molecule has 2 rings (SSSR count). The average Bonchev–Trinajstić information content (AvgIpc) is 3.09. The molecule has 2 aromatic heterocycles. The number of aromatic nitrogens is 1. The lowest BCUT2D eigenvalue weighted by atomic mass is 10.1. The van der Waals surface area contributed by atoms with Crippen molar-refractivity contribution in [1.29, 1.82) is 0 Å². The first kappa shape index (κ1) is 17.3. The van der Waals surface area contributed by atoms with Crippen LogP contribution in [0.25, 0.3) is 0 Å². The minimum absolute atomic E-state index is 0.459. The van der Waals surface area contributed by atoms with Crippen molar-refractivity contribution in [2.24, 2.45) is 4.99 Å². The zero-order valence-corrected chi connectivity index (χ0v) is 15.0. The summed E-state index contributed by atoms with van der Waals surface area (Å²) >= 11 is 1.74. The molecular formula is C17H25N5S. The van der Waals surface area contributed by atoms with Gasteiger partial charge in [-0.1, -0.05) is 6.92 Å². The third-order valence-electron chi connectivity index (χ3n) is 3.64. The molecule has 0 radical (unpaired) electrons. The Morgan fingerprint density at radius 3 is 2.83 bits per heavy atom. The monoisotopic (exact) mass is 331 g/mol. The fourth-order valence-electron chi connectivity index (χ4n) is 2.14. The van der Waals surface area contributed by atoms with E-state index in [-0.39, 0.29) is 0 Å². The number of nitrogens with one attached hydrogen (secondary N) is 2. The molecule has 2 heterocycles. The molecule has 0 spiro atoms. The molecule has 0 saturated carbocycles. The number of pyridine rings is 1. The van der Waals surface area contributed by atoms with Gasteiger partial charge in [0.15, 0.2) is 5.96 Å². The van der Waals surface area contributed by atoms with Gasteiger partial charge in [0.1, 0.15) is 5.82 Å². The van der Waals surface area contributed by atoms with E-state index in [9.17, 15) is 0 Å². The SMILES string of the molecule is CN=C(NCc1ccnc(N(C)C)c1)NCC(C)c1ccsc1. The average molecular weight is 331 g/mol. The number of thiophene rings is 1. The summed E-state index contributed by atoms with van der Waals surface area (Å²) in [5.74, 6) is 2.23. The van der Waals surface area contributed by atoms with E-state index in [1.807, 2.05) is 31.3 Å². The van der Waals surface area contributed by atoms with Gasteiger partial charge >= 0.3 is 0 Å². The quantitative estimate of drug-likeness (QED) is 0.631. The summed E-state index contributed by atoms with van der Waals surface area (Å²) in [6.07, 6.45) is 1.83. The Morgan fingerprint density at radius 2 is 2.17 bits per heavy atom. The summed E-state index contributed by atoms with van der Waals surface area (Å²) in [7, 11) is 5.78. The summed E-state index contributed by atoms with van der Waals surface area (Å²) in [4.78, 5) is 10.6. The lowest BCUT2D eigenvalue weighted by molar-refractivity contribution is 0.701. The number of hydrogen-bond acceptors (Lipinski definition) is 4. The second-order valence-corrected chi connectivity index (χ2v) is 6.46. The molecule has 0 aliphatic rings. The molecule has 23 heavy (non-hydrogen) atoms. The van der Waals surface area contributed by atoms with E-state index in [4.69, 9.17) is 0 Å². The van der Waals surface area contributed by atoms with Gasteiger partial charge in [-0.05, 0) is 46.0 Å². The molecule has 2 N–H and O–H groups in total. The molecule has 0 saturated heterocycles. The van der Waals surface area contributed by atoms with Crippen LogP contribution in [-0.4, -0.2) is 38.6 Å². The van der Waals surface area contributed by atoms with E-state index in [1.165, 1.54) is 11.1 Å². The third kappa shape index (κ3) is 5.25. The van der Waals surface area contributed by atoms with Crippen LogP contribution < -0.4 is 15.5 Å². The van der Waals surface area contributed by atoms with Crippen LogP contribution >= 0.6 is 11.3 Å². The number of nitrogens with zero attached hydrogens (tertiary/aromatic N) is 3. The van der Waals surface area contributed by atoms with Crippen molar-refractivity contribution >= 4 is 23.1 Å². The molecule has 5 nitrogen and oxygen atoms in total. The van der Waals surface area contributed by atoms with Crippen LogP contribution in [0.15, 0.2) is 40.1 Å². The maximum absolute atomic E-state index is 4.33. The van der Waals surface area contributed by atoms with Crippen LogP contribution in [0.5, 0.6) is 0 Å². The minimum atomic E-state index is 0.459. The van der Waals surface area contributed by atoms with Crippen molar-refractivity contribution in [3.8, 4) is 0 Å². The standard InChI is InChI=1S/C17H25N5S/c1-13(15-6-8-23-12-15)10-20-17(18-2)21-11-14-5-7-19-16(9-14)22(3)4/h5-9,12-13H,10-11H2,1-4H3,(H2,18,20,21). The van der Waals surface area contributed by atoms with Gasteiger partial charge in [0.2, 0.25) is 0 Å². The Kier molecular flexibility index (Phi) is 6.40. The molecular weight excluding hydrogens is 306 g/mol. The normalized spacial score (nSPS) is 12.8. The van der Waals surface area contributed by atoms with Crippen LogP contribution in [0.4, 0.5) is 5.82 Å². The second-order valence-electron chi connectivity index (χ2n) is 5.68. The molecule has 6 heteroatoms. The molecule has 124 valence electrons. The number of rotatable bonds is 6. The molecule has 0 aliphatic carbocycles. The van der Waals surface area contributed by atoms with Crippen LogP contribution in [0.1, 0.15) is 24.0 Å². The van der Waals surface area contributed by atoms with Crippen LogP contribution in [0, 0.1) is 0 Å². The Bertz CT molecular complexity index is 622. The molecule has 2 aromatic rings. The first-order chi connectivity index (χ1) is 11.1. The first-order valence-corrected chi connectivity index (χ1v) is 8.63. The number of hydrogen-bond donors (Lipinski definition) is 2. The molecule has 0 aromatic carbocycles. The molecule has 0 aliphatic heterocycles. The van der Waals surface area contributed by atoms with Crippen LogP contribution in [0.3, 0.4) is 0 Å². The van der Waals surface area contributed by atoms with Crippen molar-refractivity contribution in [3.63, 3.8) is 0 Å². The third-order valence-corrected chi connectivity index (χ3v) is 4.34. The zero-order chi connectivity index (χ0) is 16.7. The topological polar surface area (TPSA) is 52.6 Å². The lowest BCUT2D eigenvalue weighted by Gasteiger charge is -2.16. The van der Waals surface area contributed by atoms with E-state index in [2.05, 4.69) is 50.4 Å². The van der Waals surface area contributed by atoms with Gasteiger partial charge < -0.3 is 15.5 Å². The Morgan fingerprint density at radius 1 is 1.35 bits per heavy atom. The van der Waals surface area contributed by atoms with Crippen molar-refractivity contribution < 1.29 is 0 Å². The highest BCUT2D eigenvalue weighted by molar-refractivity contribution is 7.07. The fourth-order valence-corrected chi connectivity index (χ4v) is 2.93. The maximum atomic E-state index is 4.33. The van der Waals surface area contributed by atoms with E-state index in [0.717, 1.165) is 24.9 Å². The summed E-state index contributed by atoms with van der Waals surface area (Å²) < 4.78 is 0. The van der Waals surface area contributed by atoms with E-state index < -0.39 is 0 Å². The molecule has 1 unspecified atom stereocenters. The minimum Gasteiger partial charge on any atom is -0.363 e. The Labute approximate surface area is 142 Å². The predicted molar refractivity (Wildman–Crippen MR) is 99.5 cm³/mol. The number of guanidine groups is 1. The smallest absolute Gasteiger partial charge is 0.191 e. The summed E-state index contributed by atoms with van der Waals surface area (Å²) in [6, 6.07) is 6.27. The predicted octanol–water partition coefficient (Wildman–Crippen LogP) is 2.68. The van der Waals surface area contributed by atoms with Gasteiger partial charge in [0.25, 0.3) is 0 Å². The highest BCUT2D eigenvalue weighted by Crippen LogP contribution is 2.17. The van der Waals surface area contributed by atoms with Crippen molar-refractivity contribution in [2.45, 2.75) is 19.4 Å². The first-order valence-electron chi connectivity index (χ1n) is 7.69. The van der Waals surface area contributed by atoms with E-state index >= 15 is 0 Å². The largest absolute Gasteiger partial charge is 0.363 e. The molecule has 0 amide bonds. The summed E-state index contributed by atoms with van der Waals surface area (Å²) in [6.45, 7) is 3.79. The van der Waals surface area contributed by atoms with Gasteiger partial charge in [0.05, 0.1) is 0 Å². The Hall–Kier alpha value is -2.08. The number of aliphatic imine (C=N–C) groups is 1. The van der Waals surface area contributed by atoms with Gasteiger partial charge in [-0.15, -0.1) is 0 Å². The van der Waals surface area contributed by atoms with Gasteiger partial charge in [-0.2, -0.15) is 11.3 Å². The zero-order valence-electron chi connectivity index (χ0n) is 14.2. The van der Waals surface area contributed by atoms with Crippen molar-refractivity contribution in [3.05, 3.63) is 46.3 Å².